The van der Waals surface area contributed by atoms with Crippen LogP contribution in [0, 0.1) is 0 Å². The molecule has 0 saturated carbocycles. The Labute approximate surface area is 81.4 Å². The Morgan fingerprint density at radius 3 is 2.92 bits per heavy atom. The molecule has 1 fully saturated rings. The molecule has 1 aliphatic rings. The summed E-state index contributed by atoms with van der Waals surface area (Å²) in [5, 5.41) is 2.32. The first-order chi connectivity index (χ1) is 6.24. The molecule has 3 nitrogen and oxygen atoms in total. The van der Waals surface area contributed by atoms with Crippen molar-refractivity contribution in [3.05, 3.63) is 0 Å². The minimum atomic E-state index is 0.365. The first kappa shape index (κ1) is 11.0. The zero-order chi connectivity index (χ0) is 9.68. The van der Waals surface area contributed by atoms with Crippen LogP contribution in [0.15, 0.2) is 0 Å². The topological polar surface area (TPSA) is 24.5 Å². The average Bonchev–Trinajstić information content (AvgIpc) is 2.51. The zero-order valence-electron chi connectivity index (χ0n) is 9.05. The molecule has 1 unspecified atom stereocenters. The zero-order valence-corrected chi connectivity index (χ0v) is 9.05. The van der Waals surface area contributed by atoms with Gasteiger partial charge in [-0.3, -0.25) is 5.43 Å². The number of rotatable bonds is 5. The molecule has 0 spiro atoms. The van der Waals surface area contributed by atoms with Gasteiger partial charge in [0.05, 0.1) is 6.10 Å². The van der Waals surface area contributed by atoms with Gasteiger partial charge in [0, 0.05) is 19.2 Å². The van der Waals surface area contributed by atoms with E-state index in [1.807, 2.05) is 7.05 Å². The predicted molar refractivity (Wildman–Crippen MR) is 54.5 cm³/mol. The van der Waals surface area contributed by atoms with Crippen molar-refractivity contribution >= 4 is 0 Å². The highest BCUT2D eigenvalue weighted by atomic mass is 16.5. The van der Waals surface area contributed by atoms with Crippen molar-refractivity contribution in [2.45, 2.75) is 45.3 Å². The summed E-state index contributed by atoms with van der Waals surface area (Å²) in [4.78, 5) is 0. The number of hydrogen-bond donors (Lipinski definition) is 1. The molecular formula is C10H22N2O. The van der Waals surface area contributed by atoms with E-state index in [0.717, 1.165) is 13.0 Å². The van der Waals surface area contributed by atoms with Crippen LogP contribution in [0.5, 0.6) is 0 Å². The SMILES string of the molecule is CNN1CCCC1CCOC(C)C. The van der Waals surface area contributed by atoms with Crippen molar-refractivity contribution in [3.8, 4) is 0 Å². The number of hydrogen-bond acceptors (Lipinski definition) is 3. The lowest BCUT2D eigenvalue weighted by Crippen LogP contribution is -2.39. The van der Waals surface area contributed by atoms with Crippen LogP contribution in [-0.2, 0) is 4.74 Å². The van der Waals surface area contributed by atoms with Crippen LogP contribution in [-0.4, -0.2) is 37.4 Å². The highest BCUT2D eigenvalue weighted by molar-refractivity contribution is 4.75. The molecule has 0 amide bonds. The summed E-state index contributed by atoms with van der Waals surface area (Å²) in [5.41, 5.74) is 3.23. The van der Waals surface area contributed by atoms with Gasteiger partial charge >= 0.3 is 0 Å². The minimum Gasteiger partial charge on any atom is -0.379 e. The van der Waals surface area contributed by atoms with Gasteiger partial charge in [-0.25, -0.2) is 5.01 Å². The standard InChI is InChI=1S/C10H22N2O/c1-9(2)13-8-6-10-5-4-7-12(10)11-3/h9-11H,4-8H2,1-3H3. The fourth-order valence-corrected chi connectivity index (χ4v) is 1.87. The maximum atomic E-state index is 5.54. The van der Waals surface area contributed by atoms with E-state index in [1.165, 1.54) is 19.4 Å². The molecule has 1 rings (SSSR count). The lowest BCUT2D eigenvalue weighted by atomic mass is 10.2. The largest absolute Gasteiger partial charge is 0.379 e. The smallest absolute Gasteiger partial charge is 0.0518 e. The van der Waals surface area contributed by atoms with Gasteiger partial charge < -0.3 is 4.74 Å². The van der Waals surface area contributed by atoms with Gasteiger partial charge in [0.2, 0.25) is 0 Å². The Hall–Kier alpha value is -0.120. The summed E-state index contributed by atoms with van der Waals surface area (Å²) in [5.74, 6) is 0. The van der Waals surface area contributed by atoms with Crippen molar-refractivity contribution in [3.63, 3.8) is 0 Å². The van der Waals surface area contributed by atoms with E-state index in [4.69, 9.17) is 4.74 Å². The fraction of sp³-hybridized carbons (Fsp3) is 1.00. The molecule has 0 aromatic heterocycles. The molecule has 0 radical (unpaired) electrons. The molecule has 1 saturated heterocycles. The molecule has 1 aliphatic heterocycles. The van der Waals surface area contributed by atoms with Crippen LogP contribution in [0.4, 0.5) is 0 Å². The monoisotopic (exact) mass is 186 g/mol. The molecule has 1 N–H and O–H groups in total. The Bertz CT molecular complexity index is 139. The van der Waals surface area contributed by atoms with Crippen molar-refractivity contribution in [1.82, 2.24) is 10.4 Å². The number of nitrogens with zero attached hydrogens (tertiary/aromatic N) is 1. The van der Waals surface area contributed by atoms with Crippen molar-refractivity contribution in [1.29, 1.82) is 0 Å². The van der Waals surface area contributed by atoms with Gasteiger partial charge in [0.25, 0.3) is 0 Å². The maximum Gasteiger partial charge on any atom is 0.0518 e. The molecule has 78 valence electrons. The summed E-state index contributed by atoms with van der Waals surface area (Å²) in [7, 11) is 2.00. The quantitative estimate of drug-likeness (QED) is 0.702. The van der Waals surface area contributed by atoms with Gasteiger partial charge in [0.1, 0.15) is 0 Å². The van der Waals surface area contributed by atoms with Crippen molar-refractivity contribution < 1.29 is 4.74 Å². The third-order valence-corrected chi connectivity index (χ3v) is 2.57. The van der Waals surface area contributed by atoms with Crippen LogP contribution in [0.25, 0.3) is 0 Å². The second-order valence-corrected chi connectivity index (χ2v) is 3.92. The van der Waals surface area contributed by atoms with Gasteiger partial charge in [-0.1, -0.05) is 0 Å². The van der Waals surface area contributed by atoms with E-state index >= 15 is 0 Å². The van der Waals surface area contributed by atoms with E-state index in [0.29, 0.717) is 12.1 Å². The molecule has 0 bridgehead atoms. The summed E-state index contributed by atoms with van der Waals surface area (Å²) in [6.45, 7) is 6.25. The van der Waals surface area contributed by atoms with Gasteiger partial charge in [-0.05, 0) is 40.2 Å². The van der Waals surface area contributed by atoms with Crippen molar-refractivity contribution in [2.75, 3.05) is 20.2 Å². The summed E-state index contributed by atoms with van der Waals surface area (Å²) >= 11 is 0. The molecule has 1 atom stereocenters. The van der Waals surface area contributed by atoms with Crippen LogP contribution >= 0.6 is 0 Å². The van der Waals surface area contributed by atoms with E-state index < -0.39 is 0 Å². The van der Waals surface area contributed by atoms with Crippen LogP contribution in [0.3, 0.4) is 0 Å². The van der Waals surface area contributed by atoms with Crippen LogP contribution in [0.2, 0.25) is 0 Å². The first-order valence-corrected chi connectivity index (χ1v) is 5.29. The number of nitrogens with one attached hydrogen (secondary N) is 1. The van der Waals surface area contributed by atoms with E-state index in [1.54, 1.807) is 0 Å². The Kier molecular flexibility index (Phi) is 4.70. The second-order valence-electron chi connectivity index (χ2n) is 3.92. The maximum absolute atomic E-state index is 5.54. The molecule has 0 aromatic rings. The Morgan fingerprint density at radius 2 is 2.31 bits per heavy atom. The van der Waals surface area contributed by atoms with Gasteiger partial charge in [-0.15, -0.1) is 0 Å². The van der Waals surface area contributed by atoms with E-state index in [-0.39, 0.29) is 0 Å². The highest BCUT2D eigenvalue weighted by Crippen LogP contribution is 2.17. The Morgan fingerprint density at radius 1 is 1.54 bits per heavy atom. The molecule has 0 aromatic carbocycles. The molecule has 3 heteroatoms. The summed E-state index contributed by atoms with van der Waals surface area (Å²) in [6, 6.07) is 0.684. The Balaban J connectivity index is 2.13. The molecular weight excluding hydrogens is 164 g/mol. The lowest BCUT2D eigenvalue weighted by Gasteiger charge is -2.23. The first-order valence-electron chi connectivity index (χ1n) is 5.29. The van der Waals surface area contributed by atoms with Crippen LogP contribution < -0.4 is 5.43 Å². The van der Waals surface area contributed by atoms with Crippen molar-refractivity contribution in [2.24, 2.45) is 0 Å². The third-order valence-electron chi connectivity index (χ3n) is 2.57. The van der Waals surface area contributed by atoms with E-state index in [9.17, 15) is 0 Å². The normalized spacial score (nSPS) is 24.5. The van der Waals surface area contributed by atoms with Gasteiger partial charge in [-0.2, -0.15) is 0 Å². The second kappa shape index (κ2) is 5.58. The van der Waals surface area contributed by atoms with Gasteiger partial charge in [0.15, 0.2) is 0 Å². The minimum absolute atomic E-state index is 0.365. The summed E-state index contributed by atoms with van der Waals surface area (Å²) in [6.07, 6.45) is 4.14. The molecule has 0 aliphatic carbocycles. The number of hydrazine groups is 1. The third kappa shape index (κ3) is 3.63. The molecule has 1 heterocycles. The summed E-state index contributed by atoms with van der Waals surface area (Å²) < 4.78 is 5.54. The fourth-order valence-electron chi connectivity index (χ4n) is 1.87. The number of ether oxygens (including phenoxy) is 1. The highest BCUT2D eigenvalue weighted by Gasteiger charge is 2.22. The predicted octanol–water partition coefficient (Wildman–Crippen LogP) is 1.40. The average molecular weight is 186 g/mol. The molecule has 13 heavy (non-hydrogen) atoms. The van der Waals surface area contributed by atoms with Crippen LogP contribution in [0.1, 0.15) is 33.1 Å². The lowest BCUT2D eigenvalue weighted by molar-refractivity contribution is 0.0569. The van der Waals surface area contributed by atoms with E-state index in [2.05, 4.69) is 24.3 Å².